The van der Waals surface area contributed by atoms with E-state index in [-0.39, 0.29) is 0 Å². The molecule has 0 atom stereocenters. The van der Waals surface area contributed by atoms with Crippen LogP contribution in [0.2, 0.25) is 0 Å². The van der Waals surface area contributed by atoms with Crippen LogP contribution in [0.25, 0.3) is 0 Å². The van der Waals surface area contributed by atoms with Gasteiger partial charge in [0, 0.05) is 25.5 Å². The molecule has 0 saturated heterocycles. The molecule has 1 N–H and O–H groups in total. The van der Waals surface area contributed by atoms with E-state index in [9.17, 15) is 0 Å². The number of nitrogens with one attached hydrogen (secondary N) is 1. The monoisotopic (exact) mass is 271 g/mol. The standard InChI is InChI=1S/C16H21N3O/c1-19(2)12-14-4-5-16(20-3)15(10-14)18-11-13-6-8-17-9-7-13/h4-10,18H,11-12H2,1-3H3. The van der Waals surface area contributed by atoms with E-state index in [0.717, 1.165) is 24.5 Å². The van der Waals surface area contributed by atoms with Gasteiger partial charge in [0.2, 0.25) is 0 Å². The van der Waals surface area contributed by atoms with Gasteiger partial charge in [0.05, 0.1) is 12.8 Å². The summed E-state index contributed by atoms with van der Waals surface area (Å²) >= 11 is 0. The Balaban J connectivity index is 2.12. The van der Waals surface area contributed by atoms with Crippen molar-refractivity contribution < 1.29 is 4.74 Å². The molecule has 0 unspecified atom stereocenters. The molecule has 0 aliphatic carbocycles. The normalized spacial score (nSPS) is 10.6. The molecule has 1 heterocycles. The highest BCUT2D eigenvalue weighted by atomic mass is 16.5. The van der Waals surface area contributed by atoms with Crippen LogP contribution in [0.15, 0.2) is 42.7 Å². The van der Waals surface area contributed by atoms with E-state index in [4.69, 9.17) is 4.74 Å². The number of hydrogen-bond donors (Lipinski definition) is 1. The molecule has 0 aliphatic heterocycles. The smallest absolute Gasteiger partial charge is 0.141 e. The molecule has 1 aromatic carbocycles. The molecule has 4 nitrogen and oxygen atoms in total. The van der Waals surface area contributed by atoms with Crippen LogP contribution in [0.3, 0.4) is 0 Å². The highest BCUT2D eigenvalue weighted by molar-refractivity contribution is 5.58. The number of benzene rings is 1. The summed E-state index contributed by atoms with van der Waals surface area (Å²) < 4.78 is 5.41. The molecule has 2 rings (SSSR count). The molecule has 0 saturated carbocycles. The number of nitrogens with zero attached hydrogens (tertiary/aromatic N) is 2. The van der Waals surface area contributed by atoms with Gasteiger partial charge in [-0.3, -0.25) is 4.98 Å². The summed E-state index contributed by atoms with van der Waals surface area (Å²) in [4.78, 5) is 6.17. The van der Waals surface area contributed by atoms with Crippen LogP contribution < -0.4 is 10.1 Å². The molecule has 4 heteroatoms. The largest absolute Gasteiger partial charge is 0.495 e. The molecular weight excluding hydrogens is 250 g/mol. The Kier molecular flexibility index (Phi) is 4.96. The van der Waals surface area contributed by atoms with Crippen LogP contribution in [0, 0.1) is 0 Å². The van der Waals surface area contributed by atoms with Gasteiger partial charge in [0.15, 0.2) is 0 Å². The number of ether oxygens (including phenoxy) is 1. The van der Waals surface area contributed by atoms with E-state index in [2.05, 4.69) is 41.4 Å². The summed E-state index contributed by atoms with van der Waals surface area (Å²) in [5.74, 6) is 0.863. The fraction of sp³-hybridized carbons (Fsp3) is 0.312. The second kappa shape index (κ2) is 6.91. The first-order valence-electron chi connectivity index (χ1n) is 6.63. The molecule has 106 valence electrons. The van der Waals surface area contributed by atoms with Gasteiger partial charge in [0.1, 0.15) is 5.75 Å². The van der Waals surface area contributed by atoms with Gasteiger partial charge in [0.25, 0.3) is 0 Å². The van der Waals surface area contributed by atoms with E-state index < -0.39 is 0 Å². The number of pyridine rings is 1. The minimum Gasteiger partial charge on any atom is -0.495 e. The summed E-state index contributed by atoms with van der Waals surface area (Å²) in [5.41, 5.74) is 3.47. The average Bonchev–Trinajstić information content (AvgIpc) is 2.46. The molecule has 0 aliphatic rings. The quantitative estimate of drug-likeness (QED) is 0.876. The predicted molar refractivity (Wildman–Crippen MR) is 81.9 cm³/mol. The summed E-state index contributed by atoms with van der Waals surface area (Å²) in [6, 6.07) is 10.2. The lowest BCUT2D eigenvalue weighted by atomic mass is 10.1. The van der Waals surface area contributed by atoms with Gasteiger partial charge in [-0.1, -0.05) is 6.07 Å². The van der Waals surface area contributed by atoms with Crippen molar-refractivity contribution in [2.45, 2.75) is 13.1 Å². The molecule has 0 amide bonds. The molecule has 0 radical (unpaired) electrons. The van der Waals surface area contributed by atoms with Crippen LogP contribution in [0.4, 0.5) is 5.69 Å². The Morgan fingerprint density at radius 1 is 1.10 bits per heavy atom. The van der Waals surface area contributed by atoms with Gasteiger partial charge in [-0.05, 0) is 49.5 Å². The highest BCUT2D eigenvalue weighted by Gasteiger charge is 2.05. The molecule has 20 heavy (non-hydrogen) atoms. The molecule has 0 bridgehead atoms. The third-order valence-corrected chi connectivity index (χ3v) is 3.00. The van der Waals surface area contributed by atoms with Crippen LogP contribution in [0.1, 0.15) is 11.1 Å². The number of rotatable bonds is 6. The summed E-state index contributed by atoms with van der Waals surface area (Å²) in [6.45, 7) is 1.66. The summed E-state index contributed by atoms with van der Waals surface area (Å²) in [6.07, 6.45) is 3.60. The van der Waals surface area contributed by atoms with E-state index >= 15 is 0 Å². The molecule has 0 fully saturated rings. The van der Waals surface area contributed by atoms with Gasteiger partial charge in [-0.15, -0.1) is 0 Å². The zero-order valence-electron chi connectivity index (χ0n) is 12.3. The maximum absolute atomic E-state index is 5.41. The van der Waals surface area contributed by atoms with Crippen molar-refractivity contribution in [1.29, 1.82) is 0 Å². The van der Waals surface area contributed by atoms with E-state index in [0.29, 0.717) is 0 Å². The van der Waals surface area contributed by atoms with Gasteiger partial charge >= 0.3 is 0 Å². The van der Waals surface area contributed by atoms with Crippen LogP contribution in [-0.2, 0) is 13.1 Å². The van der Waals surface area contributed by atoms with Crippen molar-refractivity contribution in [2.24, 2.45) is 0 Å². The molecule has 0 spiro atoms. The Labute approximate surface area is 120 Å². The van der Waals surface area contributed by atoms with E-state index in [1.807, 2.05) is 18.2 Å². The van der Waals surface area contributed by atoms with Gasteiger partial charge in [-0.2, -0.15) is 0 Å². The first kappa shape index (κ1) is 14.3. The minimum absolute atomic E-state index is 0.754. The zero-order chi connectivity index (χ0) is 14.4. The molecule has 2 aromatic rings. The third-order valence-electron chi connectivity index (χ3n) is 3.00. The third kappa shape index (κ3) is 3.96. The Hall–Kier alpha value is -2.07. The second-order valence-electron chi connectivity index (χ2n) is 4.98. The van der Waals surface area contributed by atoms with Crippen LogP contribution in [-0.4, -0.2) is 31.1 Å². The lowest BCUT2D eigenvalue weighted by molar-refractivity contribution is 0.400. The SMILES string of the molecule is COc1ccc(CN(C)C)cc1NCc1ccncc1. The number of anilines is 1. The lowest BCUT2D eigenvalue weighted by Gasteiger charge is -2.15. The van der Waals surface area contributed by atoms with Gasteiger partial charge < -0.3 is 15.0 Å². The fourth-order valence-electron chi connectivity index (χ4n) is 2.05. The summed E-state index contributed by atoms with van der Waals surface area (Å²) in [5, 5.41) is 3.42. The Morgan fingerprint density at radius 2 is 1.85 bits per heavy atom. The first-order valence-corrected chi connectivity index (χ1v) is 6.63. The number of aromatic nitrogens is 1. The maximum atomic E-state index is 5.41. The van der Waals surface area contributed by atoms with Crippen LogP contribution in [0.5, 0.6) is 5.75 Å². The Morgan fingerprint density at radius 3 is 2.50 bits per heavy atom. The van der Waals surface area contributed by atoms with Crippen molar-refractivity contribution in [3.63, 3.8) is 0 Å². The summed E-state index contributed by atoms with van der Waals surface area (Å²) in [7, 11) is 5.82. The van der Waals surface area contributed by atoms with Crippen LogP contribution >= 0.6 is 0 Å². The topological polar surface area (TPSA) is 37.4 Å². The minimum atomic E-state index is 0.754. The fourth-order valence-corrected chi connectivity index (χ4v) is 2.05. The maximum Gasteiger partial charge on any atom is 0.141 e. The lowest BCUT2D eigenvalue weighted by Crippen LogP contribution is -2.11. The van der Waals surface area contributed by atoms with Crippen molar-refractivity contribution in [3.8, 4) is 5.75 Å². The van der Waals surface area contributed by atoms with Gasteiger partial charge in [-0.25, -0.2) is 0 Å². The van der Waals surface area contributed by atoms with Crippen molar-refractivity contribution in [1.82, 2.24) is 9.88 Å². The number of hydrogen-bond acceptors (Lipinski definition) is 4. The Bertz CT molecular complexity index is 541. The molecule has 1 aromatic heterocycles. The van der Waals surface area contributed by atoms with E-state index in [1.54, 1.807) is 19.5 Å². The van der Waals surface area contributed by atoms with Crippen molar-refractivity contribution in [2.75, 3.05) is 26.5 Å². The second-order valence-corrected chi connectivity index (χ2v) is 4.98. The zero-order valence-corrected chi connectivity index (χ0v) is 12.3. The highest BCUT2D eigenvalue weighted by Crippen LogP contribution is 2.26. The van der Waals surface area contributed by atoms with Crippen molar-refractivity contribution in [3.05, 3.63) is 53.9 Å². The number of methoxy groups -OCH3 is 1. The van der Waals surface area contributed by atoms with Crippen molar-refractivity contribution >= 4 is 5.69 Å². The van der Waals surface area contributed by atoms with E-state index in [1.165, 1.54) is 11.1 Å². The first-order chi connectivity index (χ1) is 9.69. The predicted octanol–water partition coefficient (Wildman–Crippen LogP) is 2.76. The average molecular weight is 271 g/mol. The molecular formula is C16H21N3O.